The van der Waals surface area contributed by atoms with Gasteiger partial charge in [-0.05, 0) is 29.9 Å². The molecule has 0 saturated carbocycles. The predicted molar refractivity (Wildman–Crippen MR) is 110 cm³/mol. The van der Waals surface area contributed by atoms with E-state index in [4.69, 9.17) is 9.47 Å². The molecule has 2 aromatic rings. The third kappa shape index (κ3) is 5.81. The van der Waals surface area contributed by atoms with Crippen molar-refractivity contribution in [2.24, 2.45) is 5.41 Å². The molecular formula is C24H28O4. The van der Waals surface area contributed by atoms with Crippen LogP contribution >= 0.6 is 0 Å². The van der Waals surface area contributed by atoms with Crippen LogP contribution in [0.25, 0.3) is 0 Å². The first-order valence-electron chi connectivity index (χ1n) is 9.45. The summed E-state index contributed by atoms with van der Waals surface area (Å²) < 4.78 is 10.7. The van der Waals surface area contributed by atoms with Crippen molar-refractivity contribution in [2.45, 2.75) is 39.7 Å². The van der Waals surface area contributed by atoms with Crippen molar-refractivity contribution >= 4 is 11.9 Å². The first-order valence-corrected chi connectivity index (χ1v) is 9.45. The summed E-state index contributed by atoms with van der Waals surface area (Å²) in [7, 11) is 0. The van der Waals surface area contributed by atoms with Crippen LogP contribution in [0, 0.1) is 5.41 Å². The monoisotopic (exact) mass is 380 g/mol. The van der Waals surface area contributed by atoms with Gasteiger partial charge in [0.1, 0.15) is 6.61 Å². The first kappa shape index (κ1) is 21.4. The second-order valence-electron chi connectivity index (χ2n) is 7.43. The predicted octanol–water partition coefficient (Wildman–Crippen LogP) is 5.05. The van der Waals surface area contributed by atoms with Crippen molar-refractivity contribution in [3.63, 3.8) is 0 Å². The maximum atomic E-state index is 12.7. The molecule has 0 radical (unpaired) electrons. The number of hydrogen-bond acceptors (Lipinski definition) is 4. The topological polar surface area (TPSA) is 52.6 Å². The van der Waals surface area contributed by atoms with Gasteiger partial charge in [-0.15, -0.1) is 0 Å². The van der Waals surface area contributed by atoms with E-state index in [9.17, 15) is 9.59 Å². The summed E-state index contributed by atoms with van der Waals surface area (Å²) in [5, 5.41) is 0. The smallest absolute Gasteiger partial charge is 0.333 e. The fourth-order valence-corrected chi connectivity index (χ4v) is 3.33. The summed E-state index contributed by atoms with van der Waals surface area (Å²) >= 11 is 0. The minimum Gasteiger partial charge on any atom is -0.466 e. The van der Waals surface area contributed by atoms with E-state index in [-0.39, 0.29) is 12.6 Å². The molecule has 0 aliphatic rings. The molecule has 28 heavy (non-hydrogen) atoms. The second kappa shape index (κ2) is 9.88. The summed E-state index contributed by atoms with van der Waals surface area (Å²) in [6, 6.07) is 19.0. The maximum absolute atomic E-state index is 12.7. The lowest BCUT2D eigenvalue weighted by molar-refractivity contribution is -0.148. The molecule has 1 unspecified atom stereocenters. The summed E-state index contributed by atoms with van der Waals surface area (Å²) in [5.41, 5.74) is 1.54. The van der Waals surface area contributed by atoms with Gasteiger partial charge < -0.3 is 9.47 Å². The molecular weight excluding hydrogens is 352 g/mol. The Labute approximate surface area is 167 Å². The molecule has 0 saturated heterocycles. The number of carbonyl (C=O) groups is 2. The lowest BCUT2D eigenvalue weighted by Crippen LogP contribution is -2.32. The highest BCUT2D eigenvalue weighted by Gasteiger charge is 2.38. The van der Waals surface area contributed by atoms with Gasteiger partial charge in [0.25, 0.3) is 0 Å². The fraction of sp³-hybridized carbons (Fsp3) is 0.333. The van der Waals surface area contributed by atoms with Crippen molar-refractivity contribution < 1.29 is 19.1 Å². The largest absolute Gasteiger partial charge is 0.466 e. The van der Waals surface area contributed by atoms with Crippen LogP contribution in [0.3, 0.4) is 0 Å². The number of carbonyl (C=O) groups excluding carboxylic acids is 2. The van der Waals surface area contributed by atoms with E-state index in [1.807, 2.05) is 74.5 Å². The number of benzene rings is 2. The molecule has 0 amide bonds. The van der Waals surface area contributed by atoms with Crippen molar-refractivity contribution in [1.29, 1.82) is 0 Å². The van der Waals surface area contributed by atoms with Gasteiger partial charge in [-0.3, -0.25) is 4.79 Å². The lowest BCUT2D eigenvalue weighted by atomic mass is 9.71. The third-order valence-corrected chi connectivity index (χ3v) is 4.61. The van der Waals surface area contributed by atoms with E-state index >= 15 is 0 Å². The van der Waals surface area contributed by atoms with Gasteiger partial charge in [0, 0.05) is 5.57 Å². The minimum absolute atomic E-state index is 0.194. The molecule has 2 aromatic carbocycles. The summed E-state index contributed by atoms with van der Waals surface area (Å²) in [5.74, 6) is -1.26. The van der Waals surface area contributed by atoms with Crippen LogP contribution in [0.5, 0.6) is 0 Å². The third-order valence-electron chi connectivity index (χ3n) is 4.61. The molecule has 2 rings (SSSR count). The zero-order valence-electron chi connectivity index (χ0n) is 16.8. The molecule has 0 N–H and O–H groups in total. The van der Waals surface area contributed by atoms with Crippen LogP contribution in [-0.4, -0.2) is 18.5 Å². The average molecular weight is 380 g/mol. The van der Waals surface area contributed by atoms with Gasteiger partial charge >= 0.3 is 11.9 Å². The number of rotatable bonds is 9. The molecule has 0 spiro atoms. The first-order chi connectivity index (χ1) is 13.3. The average Bonchev–Trinajstić information content (AvgIpc) is 2.67. The Bertz CT molecular complexity index is 794. The quantitative estimate of drug-likeness (QED) is 0.451. The van der Waals surface area contributed by atoms with Gasteiger partial charge in [0.05, 0.1) is 12.5 Å². The summed E-state index contributed by atoms with van der Waals surface area (Å²) in [6.45, 7) is 10.1. The summed E-state index contributed by atoms with van der Waals surface area (Å²) in [4.78, 5) is 25.1. The van der Waals surface area contributed by atoms with Crippen LogP contribution in [0.15, 0.2) is 72.8 Å². The SMILES string of the molecule is C=C(CC(C)(C)C(C(=O)OCC)c1ccccc1)C(=O)OCc1ccccc1. The van der Waals surface area contributed by atoms with E-state index in [0.717, 1.165) is 11.1 Å². The number of esters is 2. The van der Waals surface area contributed by atoms with Crippen molar-refractivity contribution in [3.8, 4) is 0 Å². The van der Waals surface area contributed by atoms with Crippen LogP contribution in [0.2, 0.25) is 0 Å². The van der Waals surface area contributed by atoms with Gasteiger partial charge in [0.2, 0.25) is 0 Å². The highest BCUT2D eigenvalue weighted by atomic mass is 16.5. The zero-order chi connectivity index (χ0) is 20.6. The highest BCUT2D eigenvalue weighted by molar-refractivity contribution is 5.88. The molecule has 0 aromatic heterocycles. The lowest BCUT2D eigenvalue weighted by Gasteiger charge is -2.33. The fourth-order valence-electron chi connectivity index (χ4n) is 3.33. The molecule has 148 valence electrons. The Balaban J connectivity index is 2.10. The number of ether oxygens (including phenoxy) is 2. The maximum Gasteiger partial charge on any atom is 0.333 e. The second-order valence-corrected chi connectivity index (χ2v) is 7.43. The van der Waals surface area contributed by atoms with Crippen LogP contribution in [-0.2, 0) is 25.7 Å². The van der Waals surface area contributed by atoms with Gasteiger partial charge in [0.15, 0.2) is 0 Å². The Hall–Kier alpha value is -2.88. The van der Waals surface area contributed by atoms with E-state index in [1.165, 1.54) is 0 Å². The molecule has 4 heteroatoms. The van der Waals surface area contributed by atoms with Gasteiger partial charge in [-0.25, -0.2) is 4.79 Å². The minimum atomic E-state index is -0.573. The van der Waals surface area contributed by atoms with Gasteiger partial charge in [-0.1, -0.05) is 81.1 Å². The van der Waals surface area contributed by atoms with E-state index in [1.54, 1.807) is 6.92 Å². The van der Waals surface area contributed by atoms with Crippen molar-refractivity contribution in [2.75, 3.05) is 6.61 Å². The van der Waals surface area contributed by atoms with Crippen molar-refractivity contribution in [3.05, 3.63) is 83.9 Å². The van der Waals surface area contributed by atoms with Crippen LogP contribution in [0.1, 0.15) is 44.2 Å². The molecule has 0 heterocycles. The van der Waals surface area contributed by atoms with E-state index < -0.39 is 17.3 Å². The molecule has 4 nitrogen and oxygen atoms in total. The molecule has 1 atom stereocenters. The Kier molecular flexibility index (Phi) is 7.56. The Morgan fingerprint density at radius 1 is 0.964 bits per heavy atom. The standard InChI is InChI=1S/C24H28O4/c1-5-27-23(26)21(20-14-10-7-11-15-20)24(3,4)16-18(2)22(25)28-17-19-12-8-6-9-13-19/h6-15,21H,2,5,16-17H2,1,3-4H3. The molecule has 0 aliphatic heterocycles. The molecule has 0 aliphatic carbocycles. The van der Waals surface area contributed by atoms with Crippen LogP contribution in [0.4, 0.5) is 0 Å². The molecule has 0 fully saturated rings. The Morgan fingerprint density at radius 2 is 1.54 bits per heavy atom. The zero-order valence-corrected chi connectivity index (χ0v) is 16.8. The number of hydrogen-bond donors (Lipinski definition) is 0. The Morgan fingerprint density at radius 3 is 2.11 bits per heavy atom. The molecule has 0 bridgehead atoms. The van der Waals surface area contributed by atoms with Crippen molar-refractivity contribution in [1.82, 2.24) is 0 Å². The van der Waals surface area contributed by atoms with E-state index in [2.05, 4.69) is 6.58 Å². The van der Waals surface area contributed by atoms with Crippen LogP contribution < -0.4 is 0 Å². The highest BCUT2D eigenvalue weighted by Crippen LogP contribution is 2.41. The summed E-state index contributed by atoms with van der Waals surface area (Å²) in [6.07, 6.45) is 0.318. The van der Waals surface area contributed by atoms with E-state index in [0.29, 0.717) is 18.6 Å². The van der Waals surface area contributed by atoms with Gasteiger partial charge in [-0.2, -0.15) is 0 Å². The normalized spacial score (nSPS) is 12.1.